The summed E-state index contributed by atoms with van der Waals surface area (Å²) in [4.78, 5) is 3.97. The van der Waals surface area contributed by atoms with Crippen molar-refractivity contribution in [1.29, 1.82) is 0 Å². The number of fused-ring (bicyclic) bond motifs is 11. The predicted octanol–water partition coefficient (Wildman–Crippen LogP) is 15.0. The fourth-order valence-electron chi connectivity index (χ4n) is 12.8. The number of anilines is 6. The number of hydrogen-bond donors (Lipinski definition) is 0. The van der Waals surface area contributed by atoms with E-state index in [4.69, 9.17) is 0 Å². The molecule has 0 saturated carbocycles. The van der Waals surface area contributed by atoms with Crippen molar-refractivity contribution in [2.45, 2.75) is 38.5 Å². The Hall–Kier alpha value is -8.16. The molecule has 3 aliphatic heterocycles. The van der Waals surface area contributed by atoms with Gasteiger partial charge >= 0.3 is 0 Å². The summed E-state index contributed by atoms with van der Waals surface area (Å²) in [6.45, 7) is 8.32. The molecule has 0 saturated heterocycles. The van der Waals surface area contributed by atoms with Gasteiger partial charge in [0.2, 0.25) is 0 Å². The highest BCUT2D eigenvalue weighted by atomic mass is 28.3. The zero-order valence-electron chi connectivity index (χ0n) is 40.2. The number of nitrogens with zero attached hydrogens (tertiary/aromatic N) is 2. The van der Waals surface area contributed by atoms with Crippen molar-refractivity contribution < 1.29 is 43.9 Å². The third-order valence-corrected chi connectivity index (χ3v) is 21.0. The van der Waals surface area contributed by atoms with E-state index >= 15 is 43.9 Å². The molecule has 0 bridgehead atoms. The fraction of sp³-hybridized carbons (Fsp3) is 0.0968. The molecule has 0 unspecified atom stereocenters. The lowest BCUT2D eigenvalue weighted by Crippen LogP contribution is -2.76. The van der Waals surface area contributed by atoms with Crippen molar-refractivity contribution in [3.8, 4) is 11.1 Å². The highest BCUT2D eigenvalue weighted by molar-refractivity contribution is 7.24. The van der Waals surface area contributed by atoms with Gasteiger partial charge in [-0.25, -0.2) is 43.9 Å². The van der Waals surface area contributed by atoms with Gasteiger partial charge in [-0.3, -0.25) is 0 Å². The van der Waals surface area contributed by atoms with E-state index in [0.717, 1.165) is 45.0 Å². The topological polar surface area (TPSA) is 6.48 Å². The molecule has 3 aliphatic rings. The molecule has 0 atom stereocenters. The Bertz CT molecular complexity index is 3760. The predicted molar refractivity (Wildman–Crippen MR) is 277 cm³/mol. The molecule has 13 rings (SSSR count). The van der Waals surface area contributed by atoms with Gasteiger partial charge < -0.3 is 9.80 Å². The fourth-order valence-corrected chi connectivity index (χ4v) is 18.5. The molecule has 2 nitrogen and oxygen atoms in total. The van der Waals surface area contributed by atoms with Gasteiger partial charge in [0.1, 0.15) is 23.3 Å². The van der Waals surface area contributed by atoms with Gasteiger partial charge in [-0.1, -0.05) is 159 Å². The van der Waals surface area contributed by atoms with Crippen LogP contribution in [0, 0.1) is 58.2 Å². The highest BCUT2D eigenvalue weighted by Crippen LogP contribution is 2.56. The second kappa shape index (κ2) is 15.9. The maximum atomic E-state index is 17.7. The third-order valence-electron chi connectivity index (χ3n) is 16.0. The average molecular weight is 1030 g/mol. The summed E-state index contributed by atoms with van der Waals surface area (Å²) in [6, 6.07) is 46.6. The Morgan fingerprint density at radius 2 is 0.520 bits per heavy atom. The molecule has 0 radical (unpaired) electrons. The van der Waals surface area contributed by atoms with Crippen LogP contribution >= 0.6 is 0 Å². The summed E-state index contributed by atoms with van der Waals surface area (Å²) in [5, 5.41) is -3.59. The molecular weight excluding hydrogens is 991 g/mol. The van der Waals surface area contributed by atoms with Crippen molar-refractivity contribution in [2.24, 2.45) is 0 Å². The van der Waals surface area contributed by atoms with Crippen molar-refractivity contribution in [3.05, 3.63) is 238 Å². The molecule has 0 aromatic heterocycles. The van der Waals surface area contributed by atoms with E-state index in [2.05, 4.69) is 27.7 Å². The summed E-state index contributed by atoms with van der Waals surface area (Å²) in [7, 11) is -6.21. The van der Waals surface area contributed by atoms with Crippen LogP contribution < -0.4 is 30.5 Å². The lowest BCUT2D eigenvalue weighted by atomic mass is 9.73. The minimum atomic E-state index is -6.21. The summed E-state index contributed by atoms with van der Waals surface area (Å²) < 4.78 is 167. The number of hydrogen-bond acceptors (Lipinski definition) is 2. The van der Waals surface area contributed by atoms with E-state index < -0.39 is 87.4 Å². The van der Waals surface area contributed by atoms with Gasteiger partial charge in [0.15, 0.2) is 34.9 Å². The molecular formula is C62H38F10N2Si-. The second-order valence-electron chi connectivity index (χ2n) is 20.4. The van der Waals surface area contributed by atoms with Crippen LogP contribution in [0.2, 0.25) is 0 Å². The molecule has 0 N–H and O–H groups in total. The SMILES string of the molecule is CC1(C)c2ccccc2N(c2cc3c(c4ccccc24)[Si-](c2c(F)c(F)c(F)c(F)c2F)(c2c(F)c(F)c(F)c(F)c2F)c2c-3cc(N3c4ccccc4C(C)(C)c4ccccc43)c3ccccc23)c2ccccc21. The van der Waals surface area contributed by atoms with Crippen LogP contribution in [0.25, 0.3) is 32.7 Å². The summed E-state index contributed by atoms with van der Waals surface area (Å²) in [5.41, 5.74) is 6.21. The van der Waals surface area contributed by atoms with E-state index in [1.165, 1.54) is 24.3 Å². The lowest BCUT2D eigenvalue weighted by molar-refractivity contribution is 0.382. The molecule has 10 aromatic rings. The van der Waals surface area contributed by atoms with Gasteiger partial charge in [-0.05, 0) is 88.6 Å². The minimum Gasteiger partial charge on any atom is -0.309 e. The van der Waals surface area contributed by atoms with Crippen molar-refractivity contribution in [2.75, 3.05) is 9.80 Å². The van der Waals surface area contributed by atoms with Crippen LogP contribution in [-0.4, -0.2) is 8.07 Å². The molecule has 3 heterocycles. The Kier molecular flexibility index (Phi) is 9.90. The van der Waals surface area contributed by atoms with Crippen LogP contribution in [0.5, 0.6) is 0 Å². The Balaban J connectivity index is 1.30. The summed E-state index contributed by atoms with van der Waals surface area (Å²) >= 11 is 0. The standard InChI is InChI=1S/C62H38F10N2Si/c1-61(2)37-21-9-13-25-41(37)73(42-26-14-10-22-38(42)61)45-29-35-36-30-46(74-43-27-15-11-23-39(43)62(3,4)40-24-12-16-28-44(40)74)32-18-6-8-20-34(32)58(36)75(57(35)33-19-7-5-17-31(33)45,59-53(69)49(65)47(63)50(66)54(59)70)60-55(71)51(67)48(64)52(68)56(60)72/h5-30H,1-4H3/q-1. The van der Waals surface area contributed by atoms with E-state index in [0.29, 0.717) is 11.4 Å². The molecule has 0 spiro atoms. The van der Waals surface area contributed by atoms with Gasteiger partial charge in [-0.15, -0.1) is 0 Å². The lowest BCUT2D eigenvalue weighted by Gasteiger charge is -2.47. The number of benzene rings is 10. The quantitative estimate of drug-likeness (QED) is 0.0750. The molecule has 0 fully saturated rings. The Morgan fingerprint density at radius 1 is 0.280 bits per heavy atom. The van der Waals surface area contributed by atoms with Crippen molar-refractivity contribution >= 4 is 84.5 Å². The summed E-state index contributed by atoms with van der Waals surface area (Å²) in [6.07, 6.45) is 0. The zero-order valence-corrected chi connectivity index (χ0v) is 41.2. The Morgan fingerprint density at radius 3 is 0.813 bits per heavy atom. The average Bonchev–Trinajstić information content (AvgIpc) is 3.82. The van der Waals surface area contributed by atoms with Gasteiger partial charge in [0, 0.05) is 21.6 Å². The van der Waals surface area contributed by atoms with Crippen LogP contribution in [0.4, 0.5) is 78.0 Å². The Labute approximate surface area is 424 Å². The van der Waals surface area contributed by atoms with Gasteiger partial charge in [-0.2, -0.15) is 10.4 Å². The first-order valence-electron chi connectivity index (χ1n) is 24.1. The van der Waals surface area contributed by atoms with E-state index in [1.54, 1.807) is 36.4 Å². The normalized spacial score (nSPS) is 15.3. The van der Waals surface area contributed by atoms with Crippen LogP contribution in [0.15, 0.2) is 158 Å². The molecule has 13 heteroatoms. The first kappa shape index (κ1) is 46.6. The number of halogens is 10. The largest absolute Gasteiger partial charge is 0.309 e. The van der Waals surface area contributed by atoms with Crippen molar-refractivity contribution in [1.82, 2.24) is 0 Å². The maximum Gasteiger partial charge on any atom is 0.200 e. The second-order valence-corrected chi connectivity index (χ2v) is 23.9. The first-order chi connectivity index (χ1) is 35.9. The monoisotopic (exact) mass is 1030 g/mol. The van der Waals surface area contributed by atoms with Crippen LogP contribution in [0.3, 0.4) is 0 Å². The number of rotatable bonds is 4. The summed E-state index contributed by atoms with van der Waals surface area (Å²) in [5.74, 6) is -25.0. The van der Waals surface area contributed by atoms with Gasteiger partial charge in [0.05, 0.1) is 34.1 Å². The first-order valence-corrected chi connectivity index (χ1v) is 26.1. The van der Waals surface area contributed by atoms with E-state index in [1.807, 2.05) is 107 Å². The van der Waals surface area contributed by atoms with Gasteiger partial charge in [0.25, 0.3) is 0 Å². The maximum absolute atomic E-state index is 17.7. The van der Waals surface area contributed by atoms with Crippen molar-refractivity contribution in [3.63, 3.8) is 0 Å². The molecule has 371 valence electrons. The minimum absolute atomic E-state index is 0.00147. The molecule has 0 aliphatic carbocycles. The molecule has 0 amide bonds. The smallest absolute Gasteiger partial charge is 0.200 e. The zero-order chi connectivity index (χ0) is 52.4. The van der Waals surface area contributed by atoms with Crippen LogP contribution in [-0.2, 0) is 10.8 Å². The molecule has 10 aromatic carbocycles. The molecule has 75 heavy (non-hydrogen) atoms. The highest BCUT2D eigenvalue weighted by Gasteiger charge is 2.50. The van der Waals surface area contributed by atoms with E-state index in [9.17, 15) is 0 Å². The van der Waals surface area contributed by atoms with Crippen LogP contribution in [0.1, 0.15) is 49.9 Å². The third kappa shape index (κ3) is 5.87. The number of para-hydroxylation sites is 4. The van der Waals surface area contributed by atoms with E-state index in [-0.39, 0.29) is 43.0 Å².